The number of anilines is 2. The van der Waals surface area contributed by atoms with Crippen molar-refractivity contribution in [3.63, 3.8) is 0 Å². The molecule has 0 amide bonds. The molecular weight excluding hydrogens is 272 g/mol. The smallest absolute Gasteiger partial charge is 0.0642 e. The second kappa shape index (κ2) is 6.84. The molecule has 0 radical (unpaired) electrons. The minimum absolute atomic E-state index is 0.815. The molecule has 0 aromatic heterocycles. The van der Waals surface area contributed by atoms with E-state index in [1.807, 2.05) is 0 Å². The van der Waals surface area contributed by atoms with Gasteiger partial charge in [0, 0.05) is 27.2 Å². The molecule has 0 spiro atoms. The summed E-state index contributed by atoms with van der Waals surface area (Å²) < 4.78 is 5.49. The van der Waals surface area contributed by atoms with Gasteiger partial charge in [-0.2, -0.15) is 0 Å². The van der Waals surface area contributed by atoms with Crippen molar-refractivity contribution >= 4 is 11.4 Å². The zero-order valence-electron chi connectivity index (χ0n) is 13.5. The molecule has 0 bridgehead atoms. The maximum Gasteiger partial charge on any atom is 0.0642 e. The van der Waals surface area contributed by atoms with Crippen molar-refractivity contribution in [3.8, 4) is 0 Å². The van der Waals surface area contributed by atoms with Crippen LogP contribution in [0.4, 0.5) is 11.4 Å². The van der Waals surface area contributed by atoms with Crippen LogP contribution in [-0.4, -0.2) is 40.4 Å². The molecule has 0 unspecified atom stereocenters. The van der Waals surface area contributed by atoms with Gasteiger partial charge in [0.15, 0.2) is 0 Å². The molecule has 22 heavy (non-hydrogen) atoms. The normalized spacial score (nSPS) is 14.9. The van der Waals surface area contributed by atoms with Crippen LogP contribution < -0.4 is 9.80 Å². The van der Waals surface area contributed by atoms with E-state index in [4.69, 9.17) is 4.74 Å². The van der Waals surface area contributed by atoms with Gasteiger partial charge in [-0.3, -0.25) is 0 Å². The predicted octanol–water partition coefficient (Wildman–Crippen LogP) is 3.18. The van der Waals surface area contributed by atoms with Crippen molar-refractivity contribution in [2.75, 3.05) is 50.2 Å². The Morgan fingerprint density at radius 1 is 0.955 bits per heavy atom. The van der Waals surface area contributed by atoms with Crippen LogP contribution in [0.5, 0.6) is 0 Å². The van der Waals surface area contributed by atoms with Gasteiger partial charge in [-0.05, 0) is 23.6 Å². The van der Waals surface area contributed by atoms with Crippen LogP contribution in [0.1, 0.15) is 11.1 Å². The summed E-state index contributed by atoms with van der Waals surface area (Å²) in [5, 5.41) is 0. The van der Waals surface area contributed by atoms with Crippen LogP contribution in [0.15, 0.2) is 48.5 Å². The van der Waals surface area contributed by atoms with Gasteiger partial charge < -0.3 is 14.5 Å². The standard InChI is InChI=1S/C19H24N2O/c1-20(2)19-17(15-16-7-4-3-5-8-16)9-6-10-18(19)21-11-13-22-14-12-21/h3-10H,11-15H2,1-2H3. The van der Waals surface area contributed by atoms with Crippen molar-refractivity contribution in [1.82, 2.24) is 0 Å². The van der Waals surface area contributed by atoms with Crippen LogP contribution in [-0.2, 0) is 11.2 Å². The summed E-state index contributed by atoms with van der Waals surface area (Å²) in [6, 6.07) is 17.3. The van der Waals surface area contributed by atoms with E-state index in [2.05, 4.69) is 72.4 Å². The minimum atomic E-state index is 0.815. The first-order valence-corrected chi connectivity index (χ1v) is 7.91. The van der Waals surface area contributed by atoms with E-state index >= 15 is 0 Å². The Hall–Kier alpha value is -2.00. The molecule has 1 fully saturated rings. The Kier molecular flexibility index (Phi) is 4.64. The topological polar surface area (TPSA) is 15.7 Å². The highest BCUT2D eigenvalue weighted by atomic mass is 16.5. The van der Waals surface area contributed by atoms with Crippen molar-refractivity contribution in [2.45, 2.75) is 6.42 Å². The van der Waals surface area contributed by atoms with Crippen LogP contribution in [0.2, 0.25) is 0 Å². The SMILES string of the molecule is CN(C)c1c(Cc2ccccc2)cccc1N1CCOCC1. The van der Waals surface area contributed by atoms with E-state index in [-0.39, 0.29) is 0 Å². The van der Waals surface area contributed by atoms with Gasteiger partial charge in [-0.1, -0.05) is 42.5 Å². The second-order valence-electron chi connectivity index (χ2n) is 5.94. The van der Waals surface area contributed by atoms with Gasteiger partial charge in [-0.15, -0.1) is 0 Å². The Morgan fingerprint density at radius 2 is 1.68 bits per heavy atom. The monoisotopic (exact) mass is 296 g/mol. The van der Waals surface area contributed by atoms with Gasteiger partial charge in [0.25, 0.3) is 0 Å². The van der Waals surface area contributed by atoms with Crippen molar-refractivity contribution in [2.24, 2.45) is 0 Å². The van der Waals surface area contributed by atoms with E-state index in [1.165, 1.54) is 22.5 Å². The summed E-state index contributed by atoms with van der Waals surface area (Å²) in [5.41, 5.74) is 5.37. The molecule has 3 rings (SSSR count). The van der Waals surface area contributed by atoms with E-state index in [0.717, 1.165) is 32.7 Å². The lowest BCUT2D eigenvalue weighted by Gasteiger charge is -2.33. The van der Waals surface area contributed by atoms with Crippen molar-refractivity contribution < 1.29 is 4.74 Å². The molecule has 116 valence electrons. The number of para-hydroxylation sites is 1. The summed E-state index contributed by atoms with van der Waals surface area (Å²) in [7, 11) is 4.27. The van der Waals surface area contributed by atoms with Crippen LogP contribution in [0.25, 0.3) is 0 Å². The van der Waals surface area contributed by atoms with Crippen LogP contribution in [0, 0.1) is 0 Å². The summed E-state index contributed by atoms with van der Waals surface area (Å²) in [6.07, 6.45) is 0.965. The number of nitrogens with zero attached hydrogens (tertiary/aromatic N) is 2. The summed E-state index contributed by atoms with van der Waals surface area (Å²) in [4.78, 5) is 4.68. The third kappa shape index (κ3) is 3.25. The van der Waals surface area contributed by atoms with E-state index in [9.17, 15) is 0 Å². The molecule has 2 aromatic carbocycles. The maximum absolute atomic E-state index is 5.49. The van der Waals surface area contributed by atoms with Crippen molar-refractivity contribution in [3.05, 3.63) is 59.7 Å². The second-order valence-corrected chi connectivity index (χ2v) is 5.94. The number of morpholine rings is 1. The van der Waals surface area contributed by atoms with Gasteiger partial charge in [-0.25, -0.2) is 0 Å². The zero-order valence-corrected chi connectivity index (χ0v) is 13.5. The Morgan fingerprint density at radius 3 is 2.36 bits per heavy atom. The molecule has 2 aromatic rings. The highest BCUT2D eigenvalue weighted by molar-refractivity contribution is 5.75. The molecule has 0 saturated carbocycles. The predicted molar refractivity (Wildman–Crippen MR) is 93.0 cm³/mol. The number of ether oxygens (including phenoxy) is 1. The lowest BCUT2D eigenvalue weighted by Crippen LogP contribution is -2.37. The summed E-state index contributed by atoms with van der Waals surface area (Å²) in [6.45, 7) is 3.57. The molecule has 0 N–H and O–H groups in total. The Balaban J connectivity index is 1.95. The first-order chi connectivity index (χ1) is 10.8. The van der Waals surface area contributed by atoms with Crippen LogP contribution >= 0.6 is 0 Å². The average molecular weight is 296 g/mol. The fourth-order valence-corrected chi connectivity index (χ4v) is 3.11. The van der Waals surface area contributed by atoms with E-state index in [1.54, 1.807) is 0 Å². The first kappa shape index (κ1) is 14.9. The highest BCUT2D eigenvalue weighted by Gasteiger charge is 2.18. The lowest BCUT2D eigenvalue weighted by atomic mass is 10.0. The third-order valence-corrected chi connectivity index (χ3v) is 4.13. The number of benzene rings is 2. The zero-order chi connectivity index (χ0) is 15.4. The molecule has 0 aliphatic carbocycles. The summed E-state index contributed by atoms with van der Waals surface area (Å²) in [5.74, 6) is 0. The summed E-state index contributed by atoms with van der Waals surface area (Å²) >= 11 is 0. The Bertz CT molecular complexity index is 604. The molecule has 1 aliphatic heterocycles. The molecule has 0 atom stereocenters. The molecule has 1 heterocycles. The molecule has 3 heteroatoms. The first-order valence-electron chi connectivity index (χ1n) is 7.91. The molecular formula is C19H24N2O. The Labute approximate surface area is 133 Å². The highest BCUT2D eigenvalue weighted by Crippen LogP contribution is 2.33. The largest absolute Gasteiger partial charge is 0.378 e. The van der Waals surface area contributed by atoms with Crippen LogP contribution in [0.3, 0.4) is 0 Å². The number of hydrogen-bond acceptors (Lipinski definition) is 3. The van der Waals surface area contributed by atoms with Gasteiger partial charge in [0.1, 0.15) is 0 Å². The fraction of sp³-hybridized carbons (Fsp3) is 0.368. The van der Waals surface area contributed by atoms with E-state index < -0.39 is 0 Å². The number of rotatable bonds is 4. The van der Waals surface area contributed by atoms with Gasteiger partial charge in [0.05, 0.1) is 24.6 Å². The fourth-order valence-electron chi connectivity index (χ4n) is 3.11. The maximum atomic E-state index is 5.49. The third-order valence-electron chi connectivity index (χ3n) is 4.13. The number of hydrogen-bond donors (Lipinski definition) is 0. The molecule has 3 nitrogen and oxygen atoms in total. The van der Waals surface area contributed by atoms with Gasteiger partial charge >= 0.3 is 0 Å². The average Bonchev–Trinajstić information content (AvgIpc) is 2.56. The molecule has 1 aliphatic rings. The van der Waals surface area contributed by atoms with E-state index in [0.29, 0.717) is 0 Å². The quantitative estimate of drug-likeness (QED) is 0.862. The van der Waals surface area contributed by atoms with Gasteiger partial charge in [0.2, 0.25) is 0 Å². The minimum Gasteiger partial charge on any atom is -0.378 e. The molecule has 1 saturated heterocycles. The van der Waals surface area contributed by atoms with Crippen molar-refractivity contribution in [1.29, 1.82) is 0 Å². The lowest BCUT2D eigenvalue weighted by molar-refractivity contribution is 0.122.